The zero-order valence-electron chi connectivity index (χ0n) is 11.8. The van der Waals surface area contributed by atoms with Crippen LogP contribution >= 0.6 is 0 Å². The Morgan fingerprint density at radius 1 is 1.61 bits per heavy atom. The van der Waals surface area contributed by atoms with Crippen LogP contribution in [0, 0.1) is 11.8 Å². The Labute approximate surface area is 110 Å². The molecule has 0 aliphatic heterocycles. The van der Waals surface area contributed by atoms with Crippen LogP contribution in [0.15, 0.2) is 24.0 Å². The molecule has 0 saturated carbocycles. The van der Waals surface area contributed by atoms with Crippen molar-refractivity contribution >= 4 is 5.97 Å². The molecule has 1 aliphatic carbocycles. The number of esters is 1. The lowest BCUT2D eigenvalue weighted by Crippen LogP contribution is -2.33. The normalized spacial score (nSPS) is 22.6. The van der Waals surface area contributed by atoms with Gasteiger partial charge in [0, 0.05) is 5.92 Å². The van der Waals surface area contributed by atoms with Crippen LogP contribution in [0.3, 0.4) is 0 Å². The van der Waals surface area contributed by atoms with E-state index in [9.17, 15) is 9.90 Å². The SMILES string of the molecule is CCCC(C)(O)C1C=CC(OC(=O)C(C)C)=CC1. The highest BCUT2D eigenvalue weighted by molar-refractivity contribution is 5.73. The maximum Gasteiger partial charge on any atom is 0.313 e. The number of hydrogen-bond donors (Lipinski definition) is 1. The van der Waals surface area contributed by atoms with Crippen molar-refractivity contribution in [2.24, 2.45) is 11.8 Å². The van der Waals surface area contributed by atoms with Gasteiger partial charge < -0.3 is 9.84 Å². The van der Waals surface area contributed by atoms with Gasteiger partial charge in [0.15, 0.2) is 0 Å². The first-order chi connectivity index (χ1) is 8.36. The third-order valence-electron chi connectivity index (χ3n) is 3.31. The number of ether oxygens (including phenoxy) is 1. The Bertz CT molecular complexity index is 351. The molecular weight excluding hydrogens is 228 g/mol. The molecule has 18 heavy (non-hydrogen) atoms. The monoisotopic (exact) mass is 252 g/mol. The van der Waals surface area contributed by atoms with E-state index in [0.29, 0.717) is 12.2 Å². The van der Waals surface area contributed by atoms with Crippen molar-refractivity contribution in [2.45, 2.75) is 52.6 Å². The predicted octanol–water partition coefficient (Wildman–Crippen LogP) is 3.20. The van der Waals surface area contributed by atoms with Crippen LogP contribution < -0.4 is 0 Å². The fourth-order valence-electron chi connectivity index (χ4n) is 2.06. The number of rotatable bonds is 5. The molecule has 0 aromatic heterocycles. The van der Waals surface area contributed by atoms with E-state index in [1.807, 2.05) is 32.9 Å². The summed E-state index contributed by atoms with van der Waals surface area (Å²) in [5.41, 5.74) is -0.685. The van der Waals surface area contributed by atoms with Crippen molar-refractivity contribution in [3.63, 3.8) is 0 Å². The lowest BCUT2D eigenvalue weighted by Gasteiger charge is -2.31. The topological polar surface area (TPSA) is 46.5 Å². The average Bonchev–Trinajstić information content (AvgIpc) is 2.29. The molecule has 102 valence electrons. The van der Waals surface area contributed by atoms with Gasteiger partial charge in [0.1, 0.15) is 5.76 Å². The summed E-state index contributed by atoms with van der Waals surface area (Å²) >= 11 is 0. The summed E-state index contributed by atoms with van der Waals surface area (Å²) in [6.45, 7) is 7.55. The molecule has 3 nitrogen and oxygen atoms in total. The summed E-state index contributed by atoms with van der Waals surface area (Å²) in [5, 5.41) is 10.3. The highest BCUT2D eigenvalue weighted by Crippen LogP contribution is 2.30. The molecule has 0 aromatic rings. The number of aliphatic hydroxyl groups is 1. The third-order valence-corrected chi connectivity index (χ3v) is 3.31. The van der Waals surface area contributed by atoms with Crippen molar-refractivity contribution < 1.29 is 14.6 Å². The van der Waals surface area contributed by atoms with Crippen molar-refractivity contribution in [3.8, 4) is 0 Å². The van der Waals surface area contributed by atoms with Crippen LogP contribution in [0.4, 0.5) is 0 Å². The van der Waals surface area contributed by atoms with Crippen molar-refractivity contribution in [2.75, 3.05) is 0 Å². The van der Waals surface area contributed by atoms with Gasteiger partial charge in [-0.25, -0.2) is 0 Å². The largest absolute Gasteiger partial charge is 0.427 e. The van der Waals surface area contributed by atoms with E-state index < -0.39 is 5.60 Å². The van der Waals surface area contributed by atoms with E-state index in [4.69, 9.17) is 4.74 Å². The first-order valence-corrected chi connectivity index (χ1v) is 6.69. The summed E-state index contributed by atoms with van der Waals surface area (Å²) in [5.74, 6) is 0.348. The van der Waals surface area contributed by atoms with Gasteiger partial charge in [0.25, 0.3) is 0 Å². The molecule has 0 fully saturated rings. The molecule has 1 aliphatic rings. The van der Waals surface area contributed by atoms with Crippen molar-refractivity contribution in [1.29, 1.82) is 0 Å². The molecule has 2 unspecified atom stereocenters. The lowest BCUT2D eigenvalue weighted by molar-refractivity contribution is -0.142. The second-order valence-corrected chi connectivity index (χ2v) is 5.49. The fraction of sp³-hybridized carbons (Fsp3) is 0.667. The number of allylic oxidation sites excluding steroid dienone is 2. The van der Waals surface area contributed by atoms with Crippen molar-refractivity contribution in [1.82, 2.24) is 0 Å². The van der Waals surface area contributed by atoms with Crippen LogP contribution in [0.2, 0.25) is 0 Å². The molecule has 1 N–H and O–H groups in total. The number of hydrogen-bond acceptors (Lipinski definition) is 3. The first-order valence-electron chi connectivity index (χ1n) is 6.69. The third kappa shape index (κ3) is 3.98. The molecule has 0 aromatic carbocycles. The maximum absolute atomic E-state index is 11.4. The molecule has 0 radical (unpaired) electrons. The molecule has 0 heterocycles. The summed E-state index contributed by atoms with van der Waals surface area (Å²) < 4.78 is 5.23. The van der Waals surface area contributed by atoms with E-state index in [2.05, 4.69) is 6.92 Å². The van der Waals surface area contributed by atoms with Crippen LogP contribution in [-0.2, 0) is 9.53 Å². The fourth-order valence-corrected chi connectivity index (χ4v) is 2.06. The van der Waals surface area contributed by atoms with Gasteiger partial charge in [-0.1, -0.05) is 33.3 Å². The summed E-state index contributed by atoms with van der Waals surface area (Å²) in [4.78, 5) is 11.4. The highest BCUT2D eigenvalue weighted by Gasteiger charge is 2.29. The second-order valence-electron chi connectivity index (χ2n) is 5.49. The molecule has 2 atom stereocenters. The highest BCUT2D eigenvalue weighted by atomic mass is 16.5. The van der Waals surface area contributed by atoms with Gasteiger partial charge >= 0.3 is 5.97 Å². The minimum absolute atomic E-state index is 0.0963. The smallest absolute Gasteiger partial charge is 0.313 e. The first kappa shape index (κ1) is 15.0. The van der Waals surface area contributed by atoms with E-state index in [-0.39, 0.29) is 17.8 Å². The van der Waals surface area contributed by atoms with Gasteiger partial charge in [-0.3, -0.25) is 4.79 Å². The maximum atomic E-state index is 11.4. The van der Waals surface area contributed by atoms with E-state index in [0.717, 1.165) is 12.8 Å². The van der Waals surface area contributed by atoms with Crippen LogP contribution in [-0.4, -0.2) is 16.7 Å². The number of carbonyl (C=O) groups excluding carboxylic acids is 1. The summed E-state index contributed by atoms with van der Waals surface area (Å²) in [7, 11) is 0. The van der Waals surface area contributed by atoms with E-state index in [1.165, 1.54) is 0 Å². The van der Waals surface area contributed by atoms with Crippen LogP contribution in [0.1, 0.15) is 47.0 Å². The average molecular weight is 252 g/mol. The predicted molar refractivity (Wildman–Crippen MR) is 71.8 cm³/mol. The quantitative estimate of drug-likeness (QED) is 0.764. The standard InChI is InChI=1S/C15H24O3/c1-5-10-15(4,17)12-6-8-13(9-7-12)18-14(16)11(2)3/h6,8-9,11-12,17H,5,7,10H2,1-4H3. The summed E-state index contributed by atoms with van der Waals surface area (Å²) in [6, 6.07) is 0. The Balaban J connectivity index is 2.57. The van der Waals surface area contributed by atoms with Gasteiger partial charge in [-0.2, -0.15) is 0 Å². The zero-order chi connectivity index (χ0) is 13.8. The minimum atomic E-state index is -0.685. The van der Waals surface area contributed by atoms with Gasteiger partial charge in [-0.05, 0) is 31.9 Å². The Morgan fingerprint density at radius 3 is 2.72 bits per heavy atom. The molecule has 3 heteroatoms. The molecule has 0 spiro atoms. The van der Waals surface area contributed by atoms with E-state index >= 15 is 0 Å². The lowest BCUT2D eigenvalue weighted by atomic mass is 9.81. The van der Waals surface area contributed by atoms with Crippen molar-refractivity contribution in [3.05, 3.63) is 24.0 Å². The molecule has 0 saturated heterocycles. The van der Waals surface area contributed by atoms with Gasteiger partial charge in [0.05, 0.1) is 11.5 Å². The van der Waals surface area contributed by atoms with Crippen LogP contribution in [0.25, 0.3) is 0 Å². The molecule has 0 bridgehead atoms. The van der Waals surface area contributed by atoms with Gasteiger partial charge in [-0.15, -0.1) is 0 Å². The van der Waals surface area contributed by atoms with E-state index in [1.54, 1.807) is 6.08 Å². The van der Waals surface area contributed by atoms with Crippen LogP contribution in [0.5, 0.6) is 0 Å². The second kappa shape index (κ2) is 6.19. The zero-order valence-corrected chi connectivity index (χ0v) is 11.8. The molecule has 1 rings (SSSR count). The Hall–Kier alpha value is -1.09. The Morgan fingerprint density at radius 2 is 2.28 bits per heavy atom. The van der Waals surface area contributed by atoms with Gasteiger partial charge in [0.2, 0.25) is 0 Å². The molecule has 0 amide bonds. The summed E-state index contributed by atoms with van der Waals surface area (Å²) in [6.07, 6.45) is 8.06. The molecular formula is C15H24O3. The Kier molecular flexibility index (Phi) is 5.15. The minimum Gasteiger partial charge on any atom is -0.427 e. The number of carbonyl (C=O) groups is 1.